The molecular formula is C16H21N5O4. The van der Waals surface area contributed by atoms with Gasteiger partial charge in [-0.05, 0) is 19.9 Å². The van der Waals surface area contributed by atoms with Gasteiger partial charge in [-0.3, -0.25) is 9.48 Å². The van der Waals surface area contributed by atoms with Crippen molar-refractivity contribution in [3.05, 3.63) is 35.2 Å². The van der Waals surface area contributed by atoms with Crippen molar-refractivity contribution in [1.29, 1.82) is 0 Å². The summed E-state index contributed by atoms with van der Waals surface area (Å²) in [7, 11) is 0. The Labute approximate surface area is 144 Å². The molecule has 0 fully saturated rings. The fourth-order valence-electron chi connectivity index (χ4n) is 3.08. The van der Waals surface area contributed by atoms with Crippen LogP contribution in [0.4, 0.5) is 0 Å². The molecule has 0 unspecified atom stereocenters. The van der Waals surface area contributed by atoms with Crippen molar-refractivity contribution in [1.82, 2.24) is 24.6 Å². The van der Waals surface area contributed by atoms with E-state index < -0.39 is 12.0 Å². The second-order valence-electron chi connectivity index (χ2n) is 5.85. The molecule has 3 rings (SSSR count). The molecule has 1 aliphatic rings. The summed E-state index contributed by atoms with van der Waals surface area (Å²) in [6.07, 6.45) is 2.00. The van der Waals surface area contributed by atoms with Crippen LogP contribution in [-0.2, 0) is 22.5 Å². The Morgan fingerprint density at radius 1 is 1.48 bits per heavy atom. The first-order valence-corrected chi connectivity index (χ1v) is 8.21. The maximum atomic E-state index is 13.0. The van der Waals surface area contributed by atoms with Crippen LogP contribution in [0.15, 0.2) is 12.4 Å². The molecule has 9 heteroatoms. The molecule has 0 saturated heterocycles. The SMILES string of the molecule is CCOCCn1nc(C)cc1C(=O)N1CCc2[nH]cnc2[C@H]1C(=O)O. The van der Waals surface area contributed by atoms with Gasteiger partial charge < -0.3 is 19.7 Å². The molecule has 134 valence electrons. The van der Waals surface area contributed by atoms with Crippen molar-refractivity contribution in [2.24, 2.45) is 0 Å². The fraction of sp³-hybridized carbons (Fsp3) is 0.500. The summed E-state index contributed by atoms with van der Waals surface area (Å²) in [6.45, 7) is 5.45. The summed E-state index contributed by atoms with van der Waals surface area (Å²) in [4.78, 5) is 33.2. The fourth-order valence-corrected chi connectivity index (χ4v) is 3.08. The number of carboxylic acids is 1. The molecule has 2 aromatic rings. The average molecular weight is 347 g/mol. The number of hydrogen-bond acceptors (Lipinski definition) is 5. The number of ether oxygens (including phenoxy) is 1. The number of aromatic amines is 1. The van der Waals surface area contributed by atoms with Crippen molar-refractivity contribution >= 4 is 11.9 Å². The molecule has 1 amide bonds. The van der Waals surface area contributed by atoms with E-state index in [-0.39, 0.29) is 5.91 Å². The van der Waals surface area contributed by atoms with Gasteiger partial charge in [0.2, 0.25) is 0 Å². The van der Waals surface area contributed by atoms with Crippen LogP contribution in [0.3, 0.4) is 0 Å². The van der Waals surface area contributed by atoms with Crippen molar-refractivity contribution in [3.8, 4) is 0 Å². The number of imidazole rings is 1. The Balaban J connectivity index is 1.89. The number of fused-ring (bicyclic) bond motifs is 1. The third-order valence-electron chi connectivity index (χ3n) is 4.19. The highest BCUT2D eigenvalue weighted by atomic mass is 16.5. The summed E-state index contributed by atoms with van der Waals surface area (Å²) in [6, 6.07) is 0.575. The van der Waals surface area contributed by atoms with Gasteiger partial charge in [-0.15, -0.1) is 0 Å². The molecule has 2 N–H and O–H groups in total. The van der Waals surface area contributed by atoms with Crippen LogP contribution < -0.4 is 0 Å². The summed E-state index contributed by atoms with van der Waals surface area (Å²) < 4.78 is 6.90. The smallest absolute Gasteiger partial charge is 0.332 e. The Hall–Kier alpha value is -2.68. The molecule has 0 aromatic carbocycles. The molecule has 9 nitrogen and oxygen atoms in total. The van der Waals surface area contributed by atoms with E-state index in [0.29, 0.717) is 49.8 Å². The second kappa shape index (κ2) is 7.06. The zero-order valence-electron chi connectivity index (χ0n) is 14.2. The lowest BCUT2D eigenvalue weighted by atomic mass is 10.0. The third-order valence-corrected chi connectivity index (χ3v) is 4.19. The van der Waals surface area contributed by atoms with Gasteiger partial charge >= 0.3 is 5.97 Å². The molecule has 25 heavy (non-hydrogen) atoms. The molecule has 1 atom stereocenters. The topological polar surface area (TPSA) is 113 Å². The monoisotopic (exact) mass is 347 g/mol. The first-order valence-electron chi connectivity index (χ1n) is 8.21. The van der Waals surface area contributed by atoms with Crippen LogP contribution in [0.1, 0.15) is 40.5 Å². The van der Waals surface area contributed by atoms with Crippen LogP contribution in [0.2, 0.25) is 0 Å². The van der Waals surface area contributed by atoms with E-state index in [1.807, 2.05) is 6.92 Å². The lowest BCUT2D eigenvalue weighted by molar-refractivity contribution is -0.143. The van der Waals surface area contributed by atoms with Crippen LogP contribution in [0.5, 0.6) is 0 Å². The molecule has 3 heterocycles. The highest BCUT2D eigenvalue weighted by molar-refractivity contribution is 5.96. The number of carbonyl (C=O) groups excluding carboxylic acids is 1. The normalized spacial score (nSPS) is 16.7. The van der Waals surface area contributed by atoms with E-state index in [4.69, 9.17) is 4.74 Å². The van der Waals surface area contributed by atoms with E-state index in [9.17, 15) is 14.7 Å². The maximum Gasteiger partial charge on any atom is 0.332 e. The number of aryl methyl sites for hydroxylation is 1. The number of nitrogens with zero attached hydrogens (tertiary/aromatic N) is 4. The molecule has 0 radical (unpaired) electrons. The zero-order valence-corrected chi connectivity index (χ0v) is 14.2. The first-order chi connectivity index (χ1) is 12.0. The van der Waals surface area contributed by atoms with E-state index in [1.54, 1.807) is 17.7 Å². The number of nitrogens with one attached hydrogen (secondary N) is 1. The van der Waals surface area contributed by atoms with Crippen molar-refractivity contribution < 1.29 is 19.4 Å². The molecule has 2 aromatic heterocycles. The summed E-state index contributed by atoms with van der Waals surface area (Å²) in [5.74, 6) is -1.46. The molecular weight excluding hydrogens is 326 g/mol. The summed E-state index contributed by atoms with van der Waals surface area (Å²) in [5.41, 5.74) is 2.22. The van der Waals surface area contributed by atoms with Gasteiger partial charge in [-0.2, -0.15) is 5.10 Å². The van der Waals surface area contributed by atoms with Crippen LogP contribution in [0, 0.1) is 6.92 Å². The predicted octanol–water partition coefficient (Wildman–Crippen LogP) is 0.775. The Kier molecular flexibility index (Phi) is 4.84. The standard InChI is InChI=1S/C16H21N5O4/c1-3-25-7-6-21-12(8-10(2)19-21)15(22)20-5-4-11-13(18-9-17-11)14(20)16(23)24/h8-9,14H,3-7H2,1-2H3,(H,17,18)(H,23,24)/t14-/m0/s1. The molecule has 0 bridgehead atoms. The van der Waals surface area contributed by atoms with Gasteiger partial charge in [-0.1, -0.05) is 0 Å². The summed E-state index contributed by atoms with van der Waals surface area (Å²) in [5, 5.41) is 13.9. The number of carbonyl (C=O) groups is 2. The maximum absolute atomic E-state index is 13.0. The Morgan fingerprint density at radius 3 is 3.00 bits per heavy atom. The van der Waals surface area contributed by atoms with E-state index >= 15 is 0 Å². The van der Waals surface area contributed by atoms with Gasteiger partial charge in [0.1, 0.15) is 5.69 Å². The van der Waals surface area contributed by atoms with Crippen LogP contribution >= 0.6 is 0 Å². The lowest BCUT2D eigenvalue weighted by Gasteiger charge is -2.32. The van der Waals surface area contributed by atoms with Crippen LogP contribution in [0.25, 0.3) is 0 Å². The number of H-pyrrole nitrogens is 1. The van der Waals surface area contributed by atoms with Gasteiger partial charge in [0.25, 0.3) is 5.91 Å². The Bertz CT molecular complexity index is 781. The molecule has 0 saturated carbocycles. The largest absolute Gasteiger partial charge is 0.479 e. The number of carboxylic acid groups (broad SMARTS) is 1. The predicted molar refractivity (Wildman–Crippen MR) is 87.2 cm³/mol. The molecule has 0 aliphatic carbocycles. The molecule has 1 aliphatic heterocycles. The average Bonchev–Trinajstić information content (AvgIpc) is 3.19. The third kappa shape index (κ3) is 3.27. The van der Waals surface area contributed by atoms with Gasteiger partial charge in [-0.25, -0.2) is 9.78 Å². The van der Waals surface area contributed by atoms with Crippen molar-refractivity contribution in [2.45, 2.75) is 32.9 Å². The summed E-state index contributed by atoms with van der Waals surface area (Å²) >= 11 is 0. The quantitative estimate of drug-likeness (QED) is 0.747. The van der Waals surface area contributed by atoms with Crippen molar-refractivity contribution in [3.63, 3.8) is 0 Å². The number of aromatic nitrogens is 4. The van der Waals surface area contributed by atoms with Gasteiger partial charge in [0.15, 0.2) is 6.04 Å². The minimum atomic E-state index is -1.10. The molecule has 0 spiro atoms. The minimum Gasteiger partial charge on any atom is -0.479 e. The van der Waals surface area contributed by atoms with Gasteiger partial charge in [0.05, 0.1) is 30.9 Å². The number of amides is 1. The number of hydrogen-bond donors (Lipinski definition) is 2. The Morgan fingerprint density at radius 2 is 2.28 bits per heavy atom. The van der Waals surface area contributed by atoms with E-state index in [2.05, 4.69) is 15.1 Å². The highest BCUT2D eigenvalue weighted by Crippen LogP contribution is 2.29. The van der Waals surface area contributed by atoms with Gasteiger partial charge in [0, 0.05) is 25.3 Å². The number of rotatable bonds is 6. The van der Waals surface area contributed by atoms with Crippen LogP contribution in [-0.4, -0.2) is 61.4 Å². The lowest BCUT2D eigenvalue weighted by Crippen LogP contribution is -2.44. The van der Waals surface area contributed by atoms with Crippen molar-refractivity contribution in [2.75, 3.05) is 19.8 Å². The zero-order chi connectivity index (χ0) is 18.0. The minimum absolute atomic E-state index is 0.306. The second-order valence-corrected chi connectivity index (χ2v) is 5.85. The number of aliphatic carboxylic acids is 1. The first kappa shape index (κ1) is 17.2. The highest BCUT2D eigenvalue weighted by Gasteiger charge is 2.39. The van der Waals surface area contributed by atoms with E-state index in [1.165, 1.54) is 11.2 Å². The van der Waals surface area contributed by atoms with E-state index in [0.717, 1.165) is 5.69 Å².